The predicted octanol–water partition coefficient (Wildman–Crippen LogP) is 3.76. The van der Waals surface area contributed by atoms with Crippen molar-refractivity contribution in [3.8, 4) is 0 Å². The van der Waals surface area contributed by atoms with Gasteiger partial charge in [-0.25, -0.2) is 8.78 Å². The fourth-order valence-electron chi connectivity index (χ4n) is 2.97. The molecule has 0 unspecified atom stereocenters. The van der Waals surface area contributed by atoms with Crippen LogP contribution in [0.25, 0.3) is 0 Å². The van der Waals surface area contributed by atoms with E-state index in [1.54, 1.807) is 0 Å². The lowest BCUT2D eigenvalue weighted by Crippen LogP contribution is -2.38. The number of halogens is 2. The van der Waals surface area contributed by atoms with Crippen molar-refractivity contribution in [2.24, 2.45) is 5.73 Å². The Labute approximate surface area is 123 Å². The lowest BCUT2D eigenvalue weighted by molar-refractivity contribution is 0.410. The molecule has 2 rings (SSSR count). The van der Waals surface area contributed by atoms with Gasteiger partial charge in [0.1, 0.15) is 22.3 Å². The number of rotatable bonds is 4. The van der Waals surface area contributed by atoms with E-state index in [-0.39, 0.29) is 22.3 Å². The van der Waals surface area contributed by atoms with Crippen molar-refractivity contribution >= 4 is 22.9 Å². The summed E-state index contributed by atoms with van der Waals surface area (Å²) in [7, 11) is 0. The van der Waals surface area contributed by atoms with E-state index in [4.69, 9.17) is 18.0 Å². The molecule has 0 saturated heterocycles. The third kappa shape index (κ3) is 3.08. The van der Waals surface area contributed by atoms with Crippen molar-refractivity contribution in [3.05, 3.63) is 29.3 Å². The number of hydrogen-bond donors (Lipinski definition) is 1. The van der Waals surface area contributed by atoms with Gasteiger partial charge in [-0.05, 0) is 31.9 Å². The number of nitrogens with zero attached hydrogens (tertiary/aromatic N) is 1. The Hall–Kier alpha value is -1.23. The van der Waals surface area contributed by atoms with Crippen molar-refractivity contribution in [2.45, 2.75) is 45.1 Å². The predicted molar refractivity (Wildman–Crippen MR) is 82.1 cm³/mol. The standard InChI is InChI=1S/C15H20F2N2S/c1-2-19(11-6-4-3-5-7-11)14-12(16)8-10(15(18)20)9-13(14)17/h8-9,11H,2-7H2,1H3,(H2,18,20). The topological polar surface area (TPSA) is 29.3 Å². The second-order valence-electron chi connectivity index (χ2n) is 5.23. The molecule has 1 aromatic carbocycles. The Morgan fingerprint density at radius 1 is 1.25 bits per heavy atom. The molecule has 0 bridgehead atoms. The SMILES string of the molecule is CCN(c1c(F)cc(C(N)=S)cc1F)C1CCCCC1. The minimum Gasteiger partial charge on any atom is -0.389 e. The summed E-state index contributed by atoms with van der Waals surface area (Å²) in [6.07, 6.45) is 5.43. The summed E-state index contributed by atoms with van der Waals surface area (Å²) >= 11 is 4.77. The molecule has 1 aliphatic rings. The van der Waals surface area contributed by atoms with Crippen molar-refractivity contribution in [2.75, 3.05) is 11.4 Å². The zero-order valence-electron chi connectivity index (χ0n) is 11.7. The molecule has 20 heavy (non-hydrogen) atoms. The Bertz CT molecular complexity index is 476. The first-order valence-corrected chi connectivity index (χ1v) is 7.51. The van der Waals surface area contributed by atoms with Gasteiger partial charge in [0.15, 0.2) is 0 Å². The number of hydrogen-bond acceptors (Lipinski definition) is 2. The first kappa shape index (κ1) is 15.2. The summed E-state index contributed by atoms with van der Waals surface area (Å²) in [5.74, 6) is -1.17. The maximum atomic E-state index is 14.3. The van der Waals surface area contributed by atoms with Crippen LogP contribution in [0.4, 0.5) is 14.5 Å². The molecule has 1 fully saturated rings. The molecule has 0 aliphatic heterocycles. The summed E-state index contributed by atoms with van der Waals surface area (Å²) in [4.78, 5) is 1.85. The zero-order valence-corrected chi connectivity index (χ0v) is 12.5. The fraction of sp³-hybridized carbons (Fsp3) is 0.533. The molecule has 0 spiro atoms. The number of anilines is 1. The molecule has 110 valence electrons. The first-order chi connectivity index (χ1) is 9.54. The third-order valence-corrected chi connectivity index (χ3v) is 4.18. The molecule has 0 heterocycles. The highest BCUT2D eigenvalue weighted by Gasteiger charge is 2.25. The van der Waals surface area contributed by atoms with Gasteiger partial charge in [0.25, 0.3) is 0 Å². The van der Waals surface area contributed by atoms with Gasteiger partial charge in [0, 0.05) is 18.2 Å². The highest BCUT2D eigenvalue weighted by Crippen LogP contribution is 2.31. The van der Waals surface area contributed by atoms with Crippen LogP contribution < -0.4 is 10.6 Å². The van der Waals surface area contributed by atoms with E-state index in [2.05, 4.69) is 0 Å². The van der Waals surface area contributed by atoms with Crippen LogP contribution in [0.3, 0.4) is 0 Å². The summed E-state index contributed by atoms with van der Waals surface area (Å²) in [5.41, 5.74) is 5.73. The van der Waals surface area contributed by atoms with Crippen LogP contribution in [-0.4, -0.2) is 17.6 Å². The second kappa shape index (κ2) is 6.48. The number of benzene rings is 1. The van der Waals surface area contributed by atoms with Crippen molar-refractivity contribution in [3.63, 3.8) is 0 Å². The minimum atomic E-state index is -0.583. The van der Waals surface area contributed by atoms with E-state index in [0.29, 0.717) is 6.54 Å². The van der Waals surface area contributed by atoms with E-state index >= 15 is 0 Å². The summed E-state index contributed by atoms with van der Waals surface area (Å²) in [5, 5.41) is 0. The average molecular weight is 298 g/mol. The highest BCUT2D eigenvalue weighted by molar-refractivity contribution is 7.80. The maximum Gasteiger partial charge on any atom is 0.150 e. The Kier molecular flexibility index (Phi) is 4.91. The van der Waals surface area contributed by atoms with Gasteiger partial charge >= 0.3 is 0 Å². The van der Waals surface area contributed by atoms with Gasteiger partial charge in [0.05, 0.1) is 0 Å². The molecule has 5 heteroatoms. The minimum absolute atomic E-state index is 0.00932. The van der Waals surface area contributed by atoms with Crippen LogP contribution in [0.1, 0.15) is 44.6 Å². The molecule has 0 radical (unpaired) electrons. The van der Waals surface area contributed by atoms with Gasteiger partial charge in [-0.15, -0.1) is 0 Å². The van der Waals surface area contributed by atoms with E-state index in [1.165, 1.54) is 18.6 Å². The molecule has 2 nitrogen and oxygen atoms in total. The molecular weight excluding hydrogens is 278 g/mol. The summed E-state index contributed by atoms with van der Waals surface area (Å²) in [6, 6.07) is 2.67. The zero-order chi connectivity index (χ0) is 14.7. The molecule has 2 N–H and O–H groups in total. The van der Waals surface area contributed by atoms with E-state index in [1.807, 2.05) is 11.8 Å². The highest BCUT2D eigenvalue weighted by atomic mass is 32.1. The Morgan fingerprint density at radius 3 is 2.25 bits per heavy atom. The van der Waals surface area contributed by atoms with Crippen molar-refractivity contribution in [1.82, 2.24) is 0 Å². The summed E-state index contributed by atoms with van der Waals surface area (Å²) < 4.78 is 28.5. The lowest BCUT2D eigenvalue weighted by Gasteiger charge is -2.35. The van der Waals surface area contributed by atoms with E-state index in [0.717, 1.165) is 25.7 Å². The number of nitrogens with two attached hydrogens (primary N) is 1. The van der Waals surface area contributed by atoms with Gasteiger partial charge < -0.3 is 10.6 Å². The fourth-order valence-corrected chi connectivity index (χ4v) is 3.09. The quantitative estimate of drug-likeness (QED) is 0.858. The van der Waals surface area contributed by atoms with Crippen LogP contribution in [0, 0.1) is 11.6 Å². The lowest BCUT2D eigenvalue weighted by atomic mass is 9.93. The molecule has 0 amide bonds. The molecular formula is C15H20F2N2S. The van der Waals surface area contributed by atoms with Crippen LogP contribution in [0.5, 0.6) is 0 Å². The van der Waals surface area contributed by atoms with Gasteiger partial charge in [0.2, 0.25) is 0 Å². The smallest absolute Gasteiger partial charge is 0.150 e. The third-order valence-electron chi connectivity index (χ3n) is 3.94. The Morgan fingerprint density at radius 2 is 1.80 bits per heavy atom. The summed E-state index contributed by atoms with van der Waals surface area (Å²) in [6.45, 7) is 2.51. The average Bonchev–Trinajstić information content (AvgIpc) is 2.43. The maximum absolute atomic E-state index is 14.3. The molecule has 0 aromatic heterocycles. The second-order valence-corrected chi connectivity index (χ2v) is 5.67. The number of thiocarbonyl (C=S) groups is 1. The Balaban J connectivity index is 2.36. The van der Waals surface area contributed by atoms with Crippen LogP contribution in [-0.2, 0) is 0 Å². The molecule has 1 aromatic rings. The molecule has 1 aliphatic carbocycles. The largest absolute Gasteiger partial charge is 0.389 e. The van der Waals surface area contributed by atoms with Gasteiger partial charge in [-0.2, -0.15) is 0 Å². The van der Waals surface area contributed by atoms with Crippen molar-refractivity contribution < 1.29 is 8.78 Å². The van der Waals surface area contributed by atoms with Crippen LogP contribution >= 0.6 is 12.2 Å². The molecule has 1 saturated carbocycles. The first-order valence-electron chi connectivity index (χ1n) is 7.10. The molecule has 0 atom stereocenters. The monoisotopic (exact) mass is 298 g/mol. The van der Waals surface area contributed by atoms with Gasteiger partial charge in [-0.3, -0.25) is 0 Å². The van der Waals surface area contributed by atoms with Crippen LogP contribution in [0.15, 0.2) is 12.1 Å². The van der Waals surface area contributed by atoms with Gasteiger partial charge in [-0.1, -0.05) is 31.5 Å². The van der Waals surface area contributed by atoms with E-state index < -0.39 is 11.6 Å². The van der Waals surface area contributed by atoms with Crippen LogP contribution in [0.2, 0.25) is 0 Å². The normalized spacial score (nSPS) is 16.1. The van der Waals surface area contributed by atoms with Crippen molar-refractivity contribution in [1.29, 1.82) is 0 Å². The van der Waals surface area contributed by atoms with E-state index in [9.17, 15) is 8.78 Å².